The monoisotopic (exact) mass is 248 g/mol. The van der Waals surface area contributed by atoms with Gasteiger partial charge in [-0.1, -0.05) is 6.92 Å². The Morgan fingerprint density at radius 1 is 1.41 bits per heavy atom. The highest BCUT2D eigenvalue weighted by atomic mass is 19.4. The van der Waals surface area contributed by atoms with Gasteiger partial charge in [-0.3, -0.25) is 4.98 Å². The standard InChI is InChI=1S/C11H15F3N2O/c1-3-15-5-9-6-16-8(2)4-10(9)17-7-11(12,13)14/h4,6,15H,3,5,7H2,1-2H3. The van der Waals surface area contributed by atoms with Gasteiger partial charge >= 0.3 is 6.18 Å². The molecule has 0 aromatic carbocycles. The number of halogens is 3. The molecule has 1 N–H and O–H groups in total. The van der Waals surface area contributed by atoms with Gasteiger partial charge in [0.1, 0.15) is 5.75 Å². The molecule has 3 nitrogen and oxygen atoms in total. The van der Waals surface area contributed by atoms with Crippen LogP contribution in [0.1, 0.15) is 18.2 Å². The number of pyridine rings is 1. The third-order valence-corrected chi connectivity index (χ3v) is 2.04. The van der Waals surface area contributed by atoms with E-state index in [4.69, 9.17) is 4.74 Å². The Labute approximate surface area is 98.0 Å². The van der Waals surface area contributed by atoms with Crippen LogP contribution in [0.3, 0.4) is 0 Å². The first-order valence-electron chi connectivity index (χ1n) is 5.28. The Morgan fingerprint density at radius 3 is 2.71 bits per heavy atom. The molecule has 0 amide bonds. The molecule has 1 rings (SSSR count). The van der Waals surface area contributed by atoms with E-state index in [-0.39, 0.29) is 5.75 Å². The molecule has 0 saturated carbocycles. The molecule has 0 unspecified atom stereocenters. The molecule has 0 fully saturated rings. The van der Waals surface area contributed by atoms with Crippen LogP contribution in [0.25, 0.3) is 0 Å². The van der Waals surface area contributed by atoms with Crippen molar-refractivity contribution in [2.45, 2.75) is 26.6 Å². The maximum Gasteiger partial charge on any atom is 0.422 e. The fraction of sp³-hybridized carbons (Fsp3) is 0.545. The zero-order valence-corrected chi connectivity index (χ0v) is 9.77. The average Bonchev–Trinajstić information content (AvgIpc) is 2.24. The van der Waals surface area contributed by atoms with E-state index in [1.807, 2.05) is 6.92 Å². The van der Waals surface area contributed by atoms with Gasteiger partial charge in [-0.15, -0.1) is 0 Å². The van der Waals surface area contributed by atoms with Crippen LogP contribution in [0.2, 0.25) is 0 Å². The van der Waals surface area contributed by atoms with E-state index in [0.717, 1.165) is 6.54 Å². The highest BCUT2D eigenvalue weighted by Gasteiger charge is 2.28. The van der Waals surface area contributed by atoms with Crippen molar-refractivity contribution in [3.8, 4) is 5.75 Å². The van der Waals surface area contributed by atoms with Crippen molar-refractivity contribution in [1.82, 2.24) is 10.3 Å². The molecule has 1 aromatic rings. The maximum atomic E-state index is 12.1. The normalized spacial score (nSPS) is 11.6. The summed E-state index contributed by atoms with van der Waals surface area (Å²) in [6.07, 6.45) is -2.80. The summed E-state index contributed by atoms with van der Waals surface area (Å²) in [5, 5.41) is 3.02. The lowest BCUT2D eigenvalue weighted by Gasteiger charge is -2.13. The number of hydrogen-bond donors (Lipinski definition) is 1. The predicted octanol–water partition coefficient (Wildman–Crippen LogP) is 2.44. The quantitative estimate of drug-likeness (QED) is 0.869. The number of nitrogens with one attached hydrogen (secondary N) is 1. The Bertz CT molecular complexity index is 366. The first-order valence-corrected chi connectivity index (χ1v) is 5.28. The van der Waals surface area contributed by atoms with Crippen LogP contribution in [-0.2, 0) is 6.54 Å². The number of nitrogens with zero attached hydrogens (tertiary/aromatic N) is 1. The first-order chi connectivity index (χ1) is 7.92. The Kier molecular flexibility index (Phi) is 4.74. The van der Waals surface area contributed by atoms with Crippen molar-refractivity contribution in [2.75, 3.05) is 13.2 Å². The van der Waals surface area contributed by atoms with Crippen LogP contribution < -0.4 is 10.1 Å². The molecular formula is C11H15F3N2O. The minimum atomic E-state index is -4.33. The second kappa shape index (κ2) is 5.86. The average molecular weight is 248 g/mol. The summed E-state index contributed by atoms with van der Waals surface area (Å²) < 4.78 is 41.0. The molecule has 0 radical (unpaired) electrons. The molecule has 1 heterocycles. The van der Waals surface area contributed by atoms with E-state index in [1.165, 1.54) is 12.3 Å². The lowest BCUT2D eigenvalue weighted by molar-refractivity contribution is -0.153. The lowest BCUT2D eigenvalue weighted by Crippen LogP contribution is -2.21. The van der Waals surface area contributed by atoms with Crippen molar-refractivity contribution in [3.05, 3.63) is 23.5 Å². The summed E-state index contributed by atoms with van der Waals surface area (Å²) in [5.41, 5.74) is 1.25. The summed E-state index contributed by atoms with van der Waals surface area (Å²) in [4.78, 5) is 4.04. The van der Waals surface area contributed by atoms with Gasteiger partial charge in [-0.2, -0.15) is 13.2 Å². The molecular weight excluding hydrogens is 233 g/mol. The number of ether oxygens (including phenoxy) is 1. The molecule has 0 aliphatic heterocycles. The minimum absolute atomic E-state index is 0.232. The highest BCUT2D eigenvalue weighted by Crippen LogP contribution is 2.22. The summed E-state index contributed by atoms with van der Waals surface area (Å²) in [6, 6.07) is 1.51. The summed E-state index contributed by atoms with van der Waals surface area (Å²) in [5.74, 6) is 0.232. The third-order valence-electron chi connectivity index (χ3n) is 2.04. The van der Waals surface area contributed by atoms with Crippen LogP contribution in [-0.4, -0.2) is 24.3 Å². The number of rotatable bonds is 5. The van der Waals surface area contributed by atoms with E-state index >= 15 is 0 Å². The van der Waals surface area contributed by atoms with Crippen molar-refractivity contribution >= 4 is 0 Å². The molecule has 0 atom stereocenters. The number of alkyl halides is 3. The van der Waals surface area contributed by atoms with E-state index in [9.17, 15) is 13.2 Å². The smallest absolute Gasteiger partial charge is 0.422 e. The van der Waals surface area contributed by atoms with Gasteiger partial charge in [-0.05, 0) is 13.5 Å². The van der Waals surface area contributed by atoms with Crippen molar-refractivity contribution in [1.29, 1.82) is 0 Å². The molecule has 6 heteroatoms. The van der Waals surface area contributed by atoms with E-state index in [0.29, 0.717) is 17.8 Å². The van der Waals surface area contributed by atoms with Crippen molar-refractivity contribution < 1.29 is 17.9 Å². The predicted molar refractivity (Wildman–Crippen MR) is 57.9 cm³/mol. The minimum Gasteiger partial charge on any atom is -0.484 e. The second-order valence-electron chi connectivity index (χ2n) is 3.62. The van der Waals surface area contributed by atoms with E-state index in [1.54, 1.807) is 6.92 Å². The van der Waals surface area contributed by atoms with Gasteiger partial charge in [0.2, 0.25) is 0 Å². The van der Waals surface area contributed by atoms with Gasteiger partial charge in [0.15, 0.2) is 6.61 Å². The fourth-order valence-electron chi connectivity index (χ4n) is 1.25. The summed E-state index contributed by atoms with van der Waals surface area (Å²) in [7, 11) is 0. The topological polar surface area (TPSA) is 34.2 Å². The molecule has 96 valence electrons. The van der Waals surface area contributed by atoms with Gasteiger partial charge in [0.05, 0.1) is 0 Å². The largest absolute Gasteiger partial charge is 0.484 e. The van der Waals surface area contributed by atoms with Crippen LogP contribution in [0, 0.1) is 6.92 Å². The molecule has 17 heavy (non-hydrogen) atoms. The molecule has 0 aliphatic rings. The molecule has 0 aliphatic carbocycles. The van der Waals surface area contributed by atoms with Gasteiger partial charge in [-0.25, -0.2) is 0 Å². The molecule has 0 spiro atoms. The molecule has 1 aromatic heterocycles. The van der Waals surface area contributed by atoms with Crippen molar-refractivity contribution in [3.63, 3.8) is 0 Å². The molecule has 0 saturated heterocycles. The van der Waals surface area contributed by atoms with E-state index < -0.39 is 12.8 Å². The Balaban J connectivity index is 2.76. The van der Waals surface area contributed by atoms with Gasteiger partial charge < -0.3 is 10.1 Å². The number of aryl methyl sites for hydroxylation is 1. The Morgan fingerprint density at radius 2 is 2.12 bits per heavy atom. The number of hydrogen-bond acceptors (Lipinski definition) is 3. The van der Waals surface area contributed by atoms with Crippen LogP contribution in [0.5, 0.6) is 5.75 Å². The van der Waals surface area contributed by atoms with Crippen LogP contribution in [0.4, 0.5) is 13.2 Å². The Hall–Kier alpha value is -1.30. The maximum absolute atomic E-state index is 12.1. The third kappa shape index (κ3) is 5.04. The SMILES string of the molecule is CCNCc1cnc(C)cc1OCC(F)(F)F. The van der Waals surface area contributed by atoms with Crippen LogP contribution in [0.15, 0.2) is 12.3 Å². The lowest BCUT2D eigenvalue weighted by atomic mass is 10.2. The first kappa shape index (κ1) is 13.8. The zero-order chi connectivity index (χ0) is 12.9. The number of aromatic nitrogens is 1. The van der Waals surface area contributed by atoms with Gasteiger partial charge in [0.25, 0.3) is 0 Å². The molecule has 0 bridgehead atoms. The van der Waals surface area contributed by atoms with Crippen LogP contribution >= 0.6 is 0 Å². The van der Waals surface area contributed by atoms with Crippen molar-refractivity contribution in [2.24, 2.45) is 0 Å². The summed E-state index contributed by atoms with van der Waals surface area (Å²) >= 11 is 0. The summed E-state index contributed by atoms with van der Waals surface area (Å²) in [6.45, 7) is 3.51. The fourth-order valence-corrected chi connectivity index (χ4v) is 1.25. The second-order valence-corrected chi connectivity index (χ2v) is 3.62. The van der Waals surface area contributed by atoms with Gasteiger partial charge in [0, 0.05) is 30.1 Å². The zero-order valence-electron chi connectivity index (χ0n) is 9.77. The highest BCUT2D eigenvalue weighted by molar-refractivity contribution is 5.32. The van der Waals surface area contributed by atoms with E-state index in [2.05, 4.69) is 10.3 Å².